The Morgan fingerprint density at radius 2 is 1.63 bits per heavy atom. The monoisotopic (exact) mass is 534 g/mol. The van der Waals surface area contributed by atoms with Crippen LogP contribution in [0, 0.1) is 11.8 Å². The van der Waals surface area contributed by atoms with Crippen molar-refractivity contribution in [2.75, 3.05) is 18.5 Å². The van der Waals surface area contributed by atoms with E-state index in [0.29, 0.717) is 16.6 Å². The zero-order valence-corrected chi connectivity index (χ0v) is 20.2. The van der Waals surface area contributed by atoms with Gasteiger partial charge in [-0.25, -0.2) is 4.79 Å². The molecule has 3 N–H and O–H groups in total. The van der Waals surface area contributed by atoms with Crippen LogP contribution in [0.4, 0.5) is 10.5 Å². The van der Waals surface area contributed by atoms with Gasteiger partial charge in [-0.1, -0.05) is 64.5 Å². The van der Waals surface area contributed by atoms with Crippen molar-refractivity contribution in [3.8, 4) is 11.1 Å². The van der Waals surface area contributed by atoms with E-state index in [1.54, 1.807) is 18.2 Å². The molecule has 0 saturated heterocycles. The number of benzene rings is 3. The molecule has 0 aliphatic heterocycles. The molecule has 2 atom stereocenters. The van der Waals surface area contributed by atoms with Gasteiger partial charge in [-0.3, -0.25) is 14.9 Å². The number of anilines is 1. The molecule has 1 saturated carbocycles. The van der Waals surface area contributed by atoms with E-state index in [0.717, 1.165) is 22.3 Å². The minimum atomic E-state index is -0.842. The molecular weight excluding hydrogens is 512 g/mol. The molecule has 0 unspecified atom stereocenters. The smallest absolute Gasteiger partial charge is 0.411 e. The number of halogens is 1. The molecule has 5 rings (SSSR count). The zero-order valence-electron chi connectivity index (χ0n) is 18.7. The SMILES string of the molecule is O=C(Nc1cc(Br)ccc1C(=O)NC[C@H]1C[C@H]1C(=O)O)OCC1c2ccccc2-c2ccccc21. The lowest BCUT2D eigenvalue weighted by Gasteiger charge is -2.16. The van der Waals surface area contributed by atoms with Crippen molar-refractivity contribution >= 4 is 39.6 Å². The quantitative estimate of drug-likeness (QED) is 0.383. The third-order valence-corrected chi connectivity index (χ3v) is 7.06. The Morgan fingerprint density at radius 1 is 0.971 bits per heavy atom. The van der Waals surface area contributed by atoms with Gasteiger partial charge in [0.2, 0.25) is 0 Å². The van der Waals surface area contributed by atoms with Crippen LogP contribution in [0.3, 0.4) is 0 Å². The molecule has 2 amide bonds. The second-order valence-corrected chi connectivity index (χ2v) is 9.71. The maximum atomic E-state index is 12.7. The molecule has 1 fully saturated rings. The van der Waals surface area contributed by atoms with Gasteiger partial charge >= 0.3 is 12.1 Å². The normalized spacial score (nSPS) is 17.7. The summed E-state index contributed by atoms with van der Waals surface area (Å²) < 4.78 is 6.30. The molecule has 0 bridgehead atoms. The van der Waals surface area contributed by atoms with Gasteiger partial charge in [-0.05, 0) is 52.8 Å². The van der Waals surface area contributed by atoms with Gasteiger partial charge in [0.25, 0.3) is 5.91 Å². The summed E-state index contributed by atoms with van der Waals surface area (Å²) in [5.74, 6) is -1.77. The van der Waals surface area contributed by atoms with E-state index in [4.69, 9.17) is 9.84 Å². The Hall–Kier alpha value is -3.65. The Balaban J connectivity index is 1.25. The number of ether oxygens (including phenoxy) is 1. The van der Waals surface area contributed by atoms with E-state index in [1.807, 2.05) is 36.4 Å². The largest absolute Gasteiger partial charge is 0.481 e. The number of carbonyl (C=O) groups is 3. The fourth-order valence-electron chi connectivity index (χ4n) is 4.66. The molecule has 8 heteroatoms. The predicted octanol–water partition coefficient (Wildman–Crippen LogP) is 5.26. The lowest BCUT2D eigenvalue weighted by atomic mass is 9.98. The van der Waals surface area contributed by atoms with Crippen molar-refractivity contribution in [1.82, 2.24) is 5.32 Å². The van der Waals surface area contributed by atoms with Crippen molar-refractivity contribution in [2.45, 2.75) is 12.3 Å². The zero-order chi connectivity index (χ0) is 24.5. The number of carboxylic acid groups (broad SMARTS) is 1. The summed E-state index contributed by atoms with van der Waals surface area (Å²) >= 11 is 3.37. The van der Waals surface area contributed by atoms with Crippen LogP contribution in [0.5, 0.6) is 0 Å². The molecule has 178 valence electrons. The van der Waals surface area contributed by atoms with Crippen LogP contribution in [0.25, 0.3) is 11.1 Å². The first-order chi connectivity index (χ1) is 16.9. The molecule has 0 aromatic heterocycles. The van der Waals surface area contributed by atoms with Gasteiger partial charge in [0.1, 0.15) is 6.61 Å². The summed E-state index contributed by atoms with van der Waals surface area (Å²) in [6.07, 6.45) is -0.104. The molecule has 0 radical (unpaired) electrons. The summed E-state index contributed by atoms with van der Waals surface area (Å²) in [6, 6.07) is 21.1. The first-order valence-corrected chi connectivity index (χ1v) is 12.1. The van der Waals surface area contributed by atoms with Gasteiger partial charge < -0.3 is 15.2 Å². The standard InChI is InChI=1S/C27H23BrN2O5/c28-16-9-10-21(25(31)29-13-15-11-22(15)26(32)33)24(12-16)30-27(34)35-14-23-19-7-3-1-5-17(19)18-6-2-4-8-20(18)23/h1-10,12,15,22-23H,11,13-14H2,(H,29,31)(H,30,34)(H,32,33)/t15-,22-/m1/s1. The van der Waals surface area contributed by atoms with E-state index in [-0.39, 0.29) is 36.5 Å². The second-order valence-electron chi connectivity index (χ2n) is 8.79. The van der Waals surface area contributed by atoms with Crippen LogP contribution in [0.2, 0.25) is 0 Å². The average Bonchev–Trinajstić information content (AvgIpc) is 3.57. The fraction of sp³-hybridized carbons (Fsp3) is 0.222. The predicted molar refractivity (Wildman–Crippen MR) is 134 cm³/mol. The van der Waals surface area contributed by atoms with Gasteiger partial charge in [0, 0.05) is 16.9 Å². The van der Waals surface area contributed by atoms with E-state index in [1.165, 1.54) is 0 Å². The number of nitrogens with one attached hydrogen (secondary N) is 2. The molecular formula is C27H23BrN2O5. The van der Waals surface area contributed by atoms with Crippen molar-refractivity contribution in [2.24, 2.45) is 11.8 Å². The van der Waals surface area contributed by atoms with Crippen LogP contribution in [-0.2, 0) is 9.53 Å². The van der Waals surface area contributed by atoms with Gasteiger partial charge in [0.15, 0.2) is 0 Å². The molecule has 0 heterocycles. The highest BCUT2D eigenvalue weighted by Gasteiger charge is 2.43. The maximum Gasteiger partial charge on any atom is 0.411 e. The lowest BCUT2D eigenvalue weighted by molar-refractivity contribution is -0.138. The molecule has 3 aromatic carbocycles. The summed E-state index contributed by atoms with van der Waals surface area (Å²) in [6.45, 7) is 0.434. The van der Waals surface area contributed by atoms with Crippen LogP contribution in [-0.4, -0.2) is 36.2 Å². The number of carboxylic acids is 1. The number of rotatable bonds is 7. The highest BCUT2D eigenvalue weighted by Crippen LogP contribution is 2.44. The Bertz CT molecular complexity index is 1280. The van der Waals surface area contributed by atoms with Crippen LogP contribution >= 0.6 is 15.9 Å². The van der Waals surface area contributed by atoms with E-state index in [9.17, 15) is 14.4 Å². The van der Waals surface area contributed by atoms with Crippen LogP contribution < -0.4 is 10.6 Å². The average molecular weight is 535 g/mol. The number of hydrogen-bond acceptors (Lipinski definition) is 4. The van der Waals surface area contributed by atoms with E-state index < -0.39 is 18.0 Å². The summed E-state index contributed by atoms with van der Waals surface area (Å²) in [5.41, 5.74) is 5.09. The number of fused-ring (bicyclic) bond motifs is 3. The number of hydrogen-bond donors (Lipinski definition) is 3. The summed E-state index contributed by atoms with van der Waals surface area (Å²) in [7, 11) is 0. The Kier molecular flexibility index (Phi) is 6.30. The maximum absolute atomic E-state index is 12.7. The third-order valence-electron chi connectivity index (χ3n) is 6.57. The molecule has 3 aromatic rings. The van der Waals surface area contributed by atoms with Crippen molar-refractivity contribution in [3.63, 3.8) is 0 Å². The highest BCUT2D eigenvalue weighted by atomic mass is 79.9. The Morgan fingerprint density at radius 3 is 2.26 bits per heavy atom. The summed E-state index contributed by atoms with van der Waals surface area (Å²) in [4.78, 5) is 36.5. The Labute approximate surface area is 210 Å². The van der Waals surface area contributed by atoms with Crippen LogP contribution in [0.1, 0.15) is 33.8 Å². The first kappa shape index (κ1) is 23.1. The minimum Gasteiger partial charge on any atom is -0.481 e. The minimum absolute atomic E-state index is 0.0644. The van der Waals surface area contributed by atoms with E-state index in [2.05, 4.69) is 38.7 Å². The first-order valence-electron chi connectivity index (χ1n) is 11.3. The molecule has 0 spiro atoms. The number of aliphatic carboxylic acids is 1. The van der Waals surface area contributed by atoms with Crippen LogP contribution in [0.15, 0.2) is 71.2 Å². The van der Waals surface area contributed by atoms with Gasteiger partial charge in [0.05, 0.1) is 17.2 Å². The number of carbonyl (C=O) groups excluding carboxylic acids is 2. The number of amides is 2. The lowest BCUT2D eigenvalue weighted by Crippen LogP contribution is -2.28. The topological polar surface area (TPSA) is 105 Å². The molecule has 35 heavy (non-hydrogen) atoms. The molecule has 7 nitrogen and oxygen atoms in total. The summed E-state index contributed by atoms with van der Waals surface area (Å²) in [5, 5.41) is 14.5. The fourth-order valence-corrected chi connectivity index (χ4v) is 5.02. The molecule has 2 aliphatic carbocycles. The van der Waals surface area contributed by atoms with Gasteiger partial charge in [-0.15, -0.1) is 0 Å². The third kappa shape index (κ3) is 4.79. The highest BCUT2D eigenvalue weighted by molar-refractivity contribution is 9.10. The van der Waals surface area contributed by atoms with E-state index >= 15 is 0 Å². The van der Waals surface area contributed by atoms with Crippen molar-refractivity contribution < 1.29 is 24.2 Å². The van der Waals surface area contributed by atoms with Crippen molar-refractivity contribution in [3.05, 3.63) is 87.9 Å². The molecule has 2 aliphatic rings. The van der Waals surface area contributed by atoms with Gasteiger partial charge in [-0.2, -0.15) is 0 Å². The second kappa shape index (κ2) is 9.54. The van der Waals surface area contributed by atoms with Crippen molar-refractivity contribution in [1.29, 1.82) is 0 Å².